The van der Waals surface area contributed by atoms with Gasteiger partial charge in [-0.15, -0.1) is 11.3 Å². The maximum absolute atomic E-state index is 12.7. The quantitative estimate of drug-likeness (QED) is 0.396. The molecule has 3 heterocycles. The lowest BCUT2D eigenvalue weighted by molar-refractivity contribution is -0.132. The number of methoxy groups -OCH3 is 1. The van der Waals surface area contributed by atoms with Gasteiger partial charge in [0, 0.05) is 38.3 Å². The van der Waals surface area contributed by atoms with Gasteiger partial charge in [0.25, 0.3) is 5.89 Å². The number of piperazine rings is 1. The van der Waals surface area contributed by atoms with Crippen molar-refractivity contribution in [2.24, 2.45) is 0 Å². The van der Waals surface area contributed by atoms with Crippen LogP contribution >= 0.6 is 11.3 Å². The van der Waals surface area contributed by atoms with Gasteiger partial charge < -0.3 is 14.2 Å². The molecular formula is C26H26N4O3S. The Kier molecular flexibility index (Phi) is 6.69. The Bertz CT molecular complexity index is 1230. The number of hydrogen-bond acceptors (Lipinski definition) is 7. The predicted octanol–water partition coefficient (Wildman–Crippen LogP) is 4.36. The zero-order chi connectivity index (χ0) is 23.3. The average molecular weight is 475 g/mol. The van der Waals surface area contributed by atoms with E-state index in [2.05, 4.69) is 27.2 Å². The maximum Gasteiger partial charge on any atom is 0.268 e. The van der Waals surface area contributed by atoms with Gasteiger partial charge >= 0.3 is 0 Å². The number of hydrogen-bond donors (Lipinski definition) is 0. The fourth-order valence-electron chi connectivity index (χ4n) is 4.09. The summed E-state index contributed by atoms with van der Waals surface area (Å²) in [7, 11) is 1.64. The van der Waals surface area contributed by atoms with Crippen LogP contribution in [0.3, 0.4) is 0 Å². The summed E-state index contributed by atoms with van der Waals surface area (Å²) in [4.78, 5) is 22.6. The predicted molar refractivity (Wildman–Crippen MR) is 132 cm³/mol. The molecule has 0 N–H and O–H groups in total. The van der Waals surface area contributed by atoms with Gasteiger partial charge in [0.1, 0.15) is 5.75 Å². The monoisotopic (exact) mass is 474 g/mol. The van der Waals surface area contributed by atoms with E-state index >= 15 is 0 Å². The van der Waals surface area contributed by atoms with Gasteiger partial charge in [-0.25, -0.2) is 0 Å². The molecule has 0 aliphatic carbocycles. The van der Waals surface area contributed by atoms with Gasteiger partial charge in [0.15, 0.2) is 0 Å². The first kappa shape index (κ1) is 22.3. The molecule has 1 aliphatic rings. The third-order valence-corrected chi connectivity index (χ3v) is 6.85. The van der Waals surface area contributed by atoms with E-state index in [1.54, 1.807) is 18.4 Å². The largest absolute Gasteiger partial charge is 0.497 e. The molecule has 0 bridgehead atoms. The second-order valence-electron chi connectivity index (χ2n) is 8.28. The molecule has 8 heteroatoms. The SMILES string of the molecule is COc1ccc(CC(=O)N2CCN(Cc3cccc(-c4noc(-c5cccs5)n4)c3)CC2)cc1. The van der Waals surface area contributed by atoms with E-state index in [-0.39, 0.29) is 5.91 Å². The summed E-state index contributed by atoms with van der Waals surface area (Å²) in [6, 6.07) is 19.9. The average Bonchev–Trinajstić information content (AvgIpc) is 3.58. The summed E-state index contributed by atoms with van der Waals surface area (Å²) in [6.07, 6.45) is 0.421. The second-order valence-corrected chi connectivity index (χ2v) is 9.23. The smallest absolute Gasteiger partial charge is 0.268 e. The number of carbonyl (C=O) groups excluding carboxylic acids is 1. The van der Waals surface area contributed by atoms with E-state index in [1.165, 1.54) is 5.56 Å². The van der Waals surface area contributed by atoms with Crippen molar-refractivity contribution in [2.45, 2.75) is 13.0 Å². The number of ether oxygens (including phenoxy) is 1. The highest BCUT2D eigenvalue weighted by Gasteiger charge is 2.21. The van der Waals surface area contributed by atoms with Gasteiger partial charge in [-0.1, -0.05) is 41.6 Å². The fourth-order valence-corrected chi connectivity index (χ4v) is 4.74. The molecule has 7 nitrogen and oxygen atoms in total. The minimum absolute atomic E-state index is 0.172. The molecule has 2 aromatic heterocycles. The normalized spacial score (nSPS) is 14.3. The number of amides is 1. The molecule has 0 saturated carbocycles. The van der Waals surface area contributed by atoms with Crippen molar-refractivity contribution in [1.82, 2.24) is 19.9 Å². The molecule has 0 radical (unpaired) electrons. The van der Waals surface area contributed by atoms with E-state index in [0.717, 1.165) is 54.5 Å². The van der Waals surface area contributed by atoms with Crippen LogP contribution in [-0.4, -0.2) is 59.1 Å². The Labute approximate surface area is 202 Å². The highest BCUT2D eigenvalue weighted by Crippen LogP contribution is 2.26. The van der Waals surface area contributed by atoms with Gasteiger partial charge in [-0.05, 0) is 40.8 Å². The van der Waals surface area contributed by atoms with Gasteiger partial charge in [0.05, 0.1) is 18.4 Å². The molecule has 174 valence electrons. The Morgan fingerprint density at radius 2 is 1.85 bits per heavy atom. The zero-order valence-corrected chi connectivity index (χ0v) is 19.8. The van der Waals surface area contributed by atoms with Crippen LogP contribution in [0.15, 0.2) is 70.6 Å². The maximum atomic E-state index is 12.7. The van der Waals surface area contributed by atoms with Crippen molar-refractivity contribution >= 4 is 17.2 Å². The fraction of sp³-hybridized carbons (Fsp3) is 0.269. The second kappa shape index (κ2) is 10.2. The molecule has 5 rings (SSSR count). The lowest BCUT2D eigenvalue weighted by atomic mass is 10.1. The molecule has 1 fully saturated rings. The topological polar surface area (TPSA) is 71.7 Å². The highest BCUT2D eigenvalue weighted by molar-refractivity contribution is 7.13. The third kappa shape index (κ3) is 5.18. The highest BCUT2D eigenvalue weighted by atomic mass is 32.1. The number of carbonyl (C=O) groups is 1. The summed E-state index contributed by atoms with van der Waals surface area (Å²) in [6.45, 7) is 4.00. The first-order valence-electron chi connectivity index (χ1n) is 11.3. The van der Waals surface area contributed by atoms with Crippen LogP contribution in [0.25, 0.3) is 22.2 Å². The molecule has 2 aromatic carbocycles. The van der Waals surface area contributed by atoms with Gasteiger partial charge in [0.2, 0.25) is 11.7 Å². The van der Waals surface area contributed by atoms with Crippen LogP contribution in [0, 0.1) is 0 Å². The van der Waals surface area contributed by atoms with Crippen LogP contribution in [0.4, 0.5) is 0 Å². The number of rotatable bonds is 7. The number of aromatic nitrogens is 2. The summed E-state index contributed by atoms with van der Waals surface area (Å²) >= 11 is 1.58. The first-order valence-corrected chi connectivity index (χ1v) is 12.2. The molecule has 1 saturated heterocycles. The summed E-state index contributed by atoms with van der Waals surface area (Å²) in [5, 5.41) is 6.15. The van der Waals surface area contributed by atoms with Crippen molar-refractivity contribution in [1.29, 1.82) is 0 Å². The lowest BCUT2D eigenvalue weighted by Crippen LogP contribution is -2.48. The van der Waals surface area contributed by atoms with E-state index < -0.39 is 0 Å². The lowest BCUT2D eigenvalue weighted by Gasteiger charge is -2.35. The van der Waals surface area contributed by atoms with Crippen LogP contribution in [0.1, 0.15) is 11.1 Å². The van der Waals surface area contributed by atoms with Gasteiger partial charge in [-0.2, -0.15) is 4.98 Å². The first-order chi connectivity index (χ1) is 16.7. The van der Waals surface area contributed by atoms with Crippen molar-refractivity contribution in [3.63, 3.8) is 0 Å². The molecule has 0 unspecified atom stereocenters. The summed E-state index contributed by atoms with van der Waals surface area (Å²) in [5.41, 5.74) is 3.14. The van der Waals surface area contributed by atoms with Crippen LogP contribution in [0.5, 0.6) is 5.75 Å². The van der Waals surface area contributed by atoms with Crippen molar-refractivity contribution in [3.05, 3.63) is 77.2 Å². The third-order valence-electron chi connectivity index (χ3n) is 5.99. The van der Waals surface area contributed by atoms with Crippen LogP contribution in [0.2, 0.25) is 0 Å². The summed E-state index contributed by atoms with van der Waals surface area (Å²) in [5.74, 6) is 2.12. The number of thiophene rings is 1. The molecule has 4 aromatic rings. The van der Waals surface area contributed by atoms with Crippen LogP contribution in [-0.2, 0) is 17.8 Å². The summed E-state index contributed by atoms with van der Waals surface area (Å²) < 4.78 is 10.6. The Balaban J connectivity index is 1.15. The number of nitrogens with zero attached hydrogens (tertiary/aromatic N) is 4. The molecule has 0 atom stereocenters. The molecule has 1 aliphatic heterocycles. The van der Waals surface area contributed by atoms with E-state index in [1.807, 2.05) is 58.8 Å². The van der Waals surface area contributed by atoms with E-state index in [4.69, 9.17) is 9.26 Å². The van der Waals surface area contributed by atoms with Gasteiger partial charge in [-0.3, -0.25) is 9.69 Å². The van der Waals surface area contributed by atoms with Crippen molar-refractivity contribution < 1.29 is 14.1 Å². The molecule has 34 heavy (non-hydrogen) atoms. The minimum Gasteiger partial charge on any atom is -0.497 e. The molecule has 1 amide bonds. The molecular weight excluding hydrogens is 448 g/mol. The van der Waals surface area contributed by atoms with E-state index in [0.29, 0.717) is 18.1 Å². The van der Waals surface area contributed by atoms with Crippen molar-refractivity contribution in [3.8, 4) is 27.9 Å². The molecule has 0 spiro atoms. The van der Waals surface area contributed by atoms with E-state index in [9.17, 15) is 4.79 Å². The zero-order valence-electron chi connectivity index (χ0n) is 19.0. The Morgan fingerprint density at radius 3 is 2.59 bits per heavy atom. The van der Waals surface area contributed by atoms with Crippen LogP contribution < -0.4 is 4.74 Å². The minimum atomic E-state index is 0.172. The van der Waals surface area contributed by atoms with Crippen molar-refractivity contribution in [2.75, 3.05) is 33.3 Å². The Hall–Kier alpha value is -3.49. The Morgan fingerprint density at radius 1 is 1.03 bits per heavy atom. The number of benzene rings is 2. The standard InChI is InChI=1S/C26H26N4O3S/c1-32-22-9-7-19(8-10-22)17-24(31)30-13-11-29(12-14-30)18-20-4-2-5-21(16-20)25-27-26(33-28-25)23-6-3-15-34-23/h2-10,15-16H,11-14,17-18H2,1H3.